The molecule has 0 bridgehead atoms. The molecule has 1 heterocycles. The molecule has 1 aromatic rings. The summed E-state index contributed by atoms with van der Waals surface area (Å²) in [5, 5.41) is 0. The molecule has 22 heavy (non-hydrogen) atoms. The molecule has 2 rings (SSSR count). The minimum atomic E-state index is -3.21. The molecule has 1 aromatic carbocycles. The van der Waals surface area contributed by atoms with Gasteiger partial charge in [-0.05, 0) is 17.7 Å². The molecular weight excluding hydrogens is 309 g/mol. The Bertz CT molecular complexity index is 655. The highest BCUT2D eigenvalue weighted by Crippen LogP contribution is 2.14. The topological polar surface area (TPSA) is 63.7 Å². The van der Waals surface area contributed by atoms with Crippen molar-refractivity contribution in [2.45, 2.75) is 6.04 Å². The van der Waals surface area contributed by atoms with E-state index in [4.69, 9.17) is 0 Å². The zero-order chi connectivity index (χ0) is 16.2. The van der Waals surface area contributed by atoms with Gasteiger partial charge in [-0.2, -0.15) is 0 Å². The number of methoxy groups -OCH3 is 1. The molecule has 1 unspecified atom stereocenters. The quantitative estimate of drug-likeness (QED) is 0.775. The zero-order valence-electron chi connectivity index (χ0n) is 12.2. The number of nitrogens with zero attached hydrogens (tertiary/aromatic N) is 1. The van der Waals surface area contributed by atoms with Crippen LogP contribution in [0.5, 0.6) is 0 Å². The van der Waals surface area contributed by atoms with E-state index < -0.39 is 21.8 Å². The lowest BCUT2D eigenvalue weighted by Crippen LogP contribution is -2.52. The highest BCUT2D eigenvalue weighted by Gasteiger charge is 2.35. The fraction of sp³-hybridized carbons (Fsp3) is 0.400. The maximum atomic E-state index is 12.8. The third kappa shape index (κ3) is 4.38. The second kappa shape index (κ2) is 7.02. The number of halogens is 1. The molecular formula is C15H18FNO4S. The molecule has 0 N–H and O–H groups in total. The summed E-state index contributed by atoms with van der Waals surface area (Å²) in [6, 6.07) is 5.24. The minimum Gasteiger partial charge on any atom is -0.468 e. The SMILES string of the molecule is COC(=O)C1CS(=O)(=O)CCN1CC=Cc1ccc(F)cc1. The van der Waals surface area contributed by atoms with Crippen LogP contribution in [0.4, 0.5) is 4.39 Å². The van der Waals surface area contributed by atoms with Gasteiger partial charge in [-0.15, -0.1) is 0 Å². The molecule has 1 saturated heterocycles. The third-order valence-corrected chi connectivity index (χ3v) is 5.16. The number of ether oxygens (including phenoxy) is 1. The fourth-order valence-corrected chi connectivity index (χ4v) is 3.82. The lowest BCUT2D eigenvalue weighted by atomic mass is 10.2. The summed E-state index contributed by atoms with van der Waals surface area (Å²) in [5.41, 5.74) is 0.834. The Hall–Kier alpha value is -1.73. The van der Waals surface area contributed by atoms with Gasteiger partial charge in [0, 0.05) is 13.1 Å². The first-order chi connectivity index (χ1) is 10.4. The number of carbonyl (C=O) groups is 1. The Morgan fingerprint density at radius 1 is 1.41 bits per heavy atom. The normalized spacial score (nSPS) is 21.8. The van der Waals surface area contributed by atoms with Crippen LogP contribution < -0.4 is 0 Å². The van der Waals surface area contributed by atoms with Gasteiger partial charge < -0.3 is 4.74 Å². The minimum absolute atomic E-state index is 0.0326. The molecule has 1 aliphatic heterocycles. The summed E-state index contributed by atoms with van der Waals surface area (Å²) in [6.07, 6.45) is 3.62. The second-order valence-electron chi connectivity index (χ2n) is 5.10. The van der Waals surface area contributed by atoms with E-state index in [-0.39, 0.29) is 23.9 Å². The van der Waals surface area contributed by atoms with Gasteiger partial charge in [0.25, 0.3) is 0 Å². The molecule has 0 spiro atoms. The Labute approximate surface area is 129 Å². The van der Waals surface area contributed by atoms with Gasteiger partial charge in [0.05, 0.1) is 18.6 Å². The van der Waals surface area contributed by atoms with Crippen molar-refractivity contribution in [2.24, 2.45) is 0 Å². The van der Waals surface area contributed by atoms with Crippen molar-refractivity contribution in [1.82, 2.24) is 4.90 Å². The van der Waals surface area contributed by atoms with E-state index in [1.807, 2.05) is 6.08 Å². The van der Waals surface area contributed by atoms with Crippen LogP contribution in [0, 0.1) is 5.82 Å². The predicted molar refractivity (Wildman–Crippen MR) is 81.5 cm³/mol. The molecule has 1 fully saturated rings. The molecule has 120 valence electrons. The highest BCUT2D eigenvalue weighted by atomic mass is 32.2. The van der Waals surface area contributed by atoms with Gasteiger partial charge >= 0.3 is 5.97 Å². The van der Waals surface area contributed by atoms with Crippen LogP contribution in [0.15, 0.2) is 30.3 Å². The number of esters is 1. The van der Waals surface area contributed by atoms with Crippen molar-refractivity contribution in [1.29, 1.82) is 0 Å². The Kier molecular flexibility index (Phi) is 5.31. The third-order valence-electron chi connectivity index (χ3n) is 3.54. The summed E-state index contributed by atoms with van der Waals surface area (Å²) in [4.78, 5) is 13.5. The molecule has 1 aliphatic rings. The monoisotopic (exact) mass is 327 g/mol. The van der Waals surface area contributed by atoms with E-state index in [0.29, 0.717) is 6.54 Å². The van der Waals surface area contributed by atoms with E-state index in [1.54, 1.807) is 23.1 Å². The van der Waals surface area contributed by atoms with Crippen molar-refractivity contribution in [3.05, 3.63) is 41.7 Å². The lowest BCUT2D eigenvalue weighted by molar-refractivity contribution is -0.146. The Morgan fingerprint density at radius 3 is 2.73 bits per heavy atom. The van der Waals surface area contributed by atoms with Crippen molar-refractivity contribution in [3.8, 4) is 0 Å². The smallest absolute Gasteiger partial charge is 0.324 e. The number of carbonyl (C=O) groups excluding carboxylic acids is 1. The van der Waals surface area contributed by atoms with Crippen LogP contribution >= 0.6 is 0 Å². The van der Waals surface area contributed by atoms with Crippen molar-refractivity contribution < 1.29 is 22.3 Å². The van der Waals surface area contributed by atoms with Gasteiger partial charge in [-0.25, -0.2) is 12.8 Å². The summed E-state index contributed by atoms with van der Waals surface area (Å²) < 4.78 is 40.8. The Balaban J connectivity index is 2.03. The summed E-state index contributed by atoms with van der Waals surface area (Å²) >= 11 is 0. The molecule has 0 amide bonds. The lowest BCUT2D eigenvalue weighted by Gasteiger charge is -2.32. The van der Waals surface area contributed by atoms with Gasteiger partial charge in [0.1, 0.15) is 11.9 Å². The van der Waals surface area contributed by atoms with E-state index >= 15 is 0 Å². The van der Waals surface area contributed by atoms with E-state index in [1.165, 1.54) is 19.2 Å². The van der Waals surface area contributed by atoms with Gasteiger partial charge in [-0.3, -0.25) is 9.69 Å². The highest BCUT2D eigenvalue weighted by molar-refractivity contribution is 7.91. The average molecular weight is 327 g/mol. The number of hydrogen-bond donors (Lipinski definition) is 0. The van der Waals surface area contributed by atoms with E-state index in [9.17, 15) is 17.6 Å². The summed E-state index contributed by atoms with van der Waals surface area (Å²) in [5.74, 6) is -1.03. The Morgan fingerprint density at radius 2 is 2.09 bits per heavy atom. The molecule has 1 atom stereocenters. The predicted octanol–water partition coefficient (Wildman–Crippen LogP) is 1.11. The summed E-state index contributed by atoms with van der Waals surface area (Å²) in [6.45, 7) is 0.711. The van der Waals surface area contributed by atoms with Crippen LogP contribution in [0.3, 0.4) is 0 Å². The number of hydrogen-bond acceptors (Lipinski definition) is 5. The van der Waals surface area contributed by atoms with Gasteiger partial charge in [0.15, 0.2) is 9.84 Å². The van der Waals surface area contributed by atoms with Gasteiger partial charge in [0.2, 0.25) is 0 Å². The first-order valence-corrected chi connectivity index (χ1v) is 8.68. The molecule has 0 radical (unpaired) electrons. The van der Waals surface area contributed by atoms with Crippen LogP contribution in [0.25, 0.3) is 6.08 Å². The first-order valence-electron chi connectivity index (χ1n) is 6.86. The fourth-order valence-electron chi connectivity index (χ4n) is 2.31. The number of rotatable bonds is 4. The zero-order valence-corrected chi connectivity index (χ0v) is 13.1. The largest absolute Gasteiger partial charge is 0.468 e. The molecule has 0 saturated carbocycles. The first kappa shape index (κ1) is 16.6. The van der Waals surface area contributed by atoms with Gasteiger partial charge in [-0.1, -0.05) is 24.3 Å². The van der Waals surface area contributed by atoms with E-state index in [2.05, 4.69) is 4.74 Å². The number of sulfone groups is 1. The maximum absolute atomic E-state index is 12.8. The van der Waals surface area contributed by atoms with Crippen molar-refractivity contribution >= 4 is 21.9 Å². The maximum Gasteiger partial charge on any atom is 0.324 e. The average Bonchev–Trinajstić information content (AvgIpc) is 2.49. The summed E-state index contributed by atoms with van der Waals surface area (Å²) in [7, 11) is -1.96. The molecule has 0 aromatic heterocycles. The molecule has 7 heteroatoms. The standard InChI is InChI=1S/C15H18FNO4S/c1-21-15(18)14-11-22(19,20)10-9-17(14)8-2-3-12-4-6-13(16)7-5-12/h2-7,14H,8-11H2,1H3. The molecule has 5 nitrogen and oxygen atoms in total. The van der Waals surface area contributed by atoms with Crippen LogP contribution in [0.1, 0.15) is 5.56 Å². The van der Waals surface area contributed by atoms with Crippen LogP contribution in [0.2, 0.25) is 0 Å². The molecule has 0 aliphatic carbocycles. The second-order valence-corrected chi connectivity index (χ2v) is 7.33. The number of benzene rings is 1. The van der Waals surface area contributed by atoms with Crippen LogP contribution in [-0.2, 0) is 19.4 Å². The van der Waals surface area contributed by atoms with Crippen LogP contribution in [-0.4, -0.2) is 57.0 Å². The van der Waals surface area contributed by atoms with Crippen molar-refractivity contribution in [2.75, 3.05) is 31.7 Å². The van der Waals surface area contributed by atoms with E-state index in [0.717, 1.165) is 5.56 Å². The van der Waals surface area contributed by atoms with Crippen molar-refractivity contribution in [3.63, 3.8) is 0 Å².